The summed E-state index contributed by atoms with van der Waals surface area (Å²) in [5.74, 6) is 0.501. The van der Waals surface area contributed by atoms with Crippen LogP contribution in [0.25, 0.3) is 10.9 Å². The highest BCUT2D eigenvalue weighted by Gasteiger charge is 2.31. The molecule has 1 aliphatic carbocycles. The van der Waals surface area contributed by atoms with E-state index in [9.17, 15) is 27.6 Å². The maximum atomic E-state index is 13.0. The molecule has 1 aromatic heterocycles. The largest absolute Gasteiger partial charge is 0.493 e. The molecule has 1 fully saturated rings. The Bertz CT molecular complexity index is 1870. The van der Waals surface area contributed by atoms with Crippen molar-refractivity contribution in [2.45, 2.75) is 76.8 Å². The average Bonchev–Trinajstić information content (AvgIpc) is 3.60. The SMILES string of the molecule is COc1cc2c(Oc3ccc(NC(=O)c4ccc(C(F)(F)F)cc4)cc3)ccnc2cc1OCC[C@H](NC(=O)OC(C)(C)C)C(=O)OC1CCCC1. The van der Waals surface area contributed by atoms with Crippen LogP contribution in [0.15, 0.2) is 72.9 Å². The van der Waals surface area contributed by atoms with Crippen molar-refractivity contribution < 1.29 is 51.2 Å². The molecule has 11 nitrogen and oxygen atoms in total. The molecule has 0 unspecified atom stereocenters. The molecule has 1 heterocycles. The molecule has 52 heavy (non-hydrogen) atoms. The number of carbonyl (C=O) groups is 3. The molecule has 0 saturated heterocycles. The van der Waals surface area contributed by atoms with Gasteiger partial charge in [-0.3, -0.25) is 9.78 Å². The summed E-state index contributed by atoms with van der Waals surface area (Å²) in [7, 11) is 1.48. The first kappa shape index (κ1) is 37.7. The van der Waals surface area contributed by atoms with Gasteiger partial charge in [0.25, 0.3) is 5.91 Å². The minimum Gasteiger partial charge on any atom is -0.493 e. The lowest BCUT2D eigenvalue weighted by Gasteiger charge is -2.24. The number of rotatable bonds is 12. The number of alkyl carbamates (subject to hydrolysis) is 1. The number of aromatic nitrogens is 1. The number of pyridine rings is 1. The summed E-state index contributed by atoms with van der Waals surface area (Å²) in [5, 5.41) is 5.88. The summed E-state index contributed by atoms with van der Waals surface area (Å²) < 4.78 is 67.3. The van der Waals surface area contributed by atoms with Crippen LogP contribution in [0.3, 0.4) is 0 Å². The highest BCUT2D eigenvalue weighted by atomic mass is 19.4. The van der Waals surface area contributed by atoms with Crippen molar-refractivity contribution in [2.24, 2.45) is 0 Å². The van der Waals surface area contributed by atoms with E-state index < -0.39 is 41.4 Å². The number of carbonyl (C=O) groups excluding carboxylic acids is 3. The van der Waals surface area contributed by atoms with Crippen molar-refractivity contribution in [3.05, 3.63) is 84.1 Å². The van der Waals surface area contributed by atoms with Gasteiger partial charge in [-0.05, 0) is 107 Å². The minimum absolute atomic E-state index is 0.0278. The molecule has 0 radical (unpaired) electrons. The first-order valence-corrected chi connectivity index (χ1v) is 16.7. The normalized spacial score (nSPS) is 14.0. The van der Waals surface area contributed by atoms with E-state index in [1.54, 1.807) is 69.4 Å². The Hall–Kier alpha value is -5.53. The fourth-order valence-corrected chi connectivity index (χ4v) is 5.47. The Morgan fingerprint density at radius 2 is 1.60 bits per heavy atom. The van der Waals surface area contributed by atoms with Gasteiger partial charge in [0, 0.05) is 35.3 Å². The third-order valence-corrected chi connectivity index (χ3v) is 8.03. The maximum Gasteiger partial charge on any atom is 0.416 e. The summed E-state index contributed by atoms with van der Waals surface area (Å²) >= 11 is 0. The molecule has 14 heteroatoms. The van der Waals surface area contributed by atoms with Crippen molar-refractivity contribution in [3.63, 3.8) is 0 Å². The van der Waals surface area contributed by atoms with Crippen LogP contribution >= 0.6 is 0 Å². The molecular weight excluding hydrogens is 683 g/mol. The number of fused-ring (bicyclic) bond motifs is 1. The number of nitrogens with zero attached hydrogens (tertiary/aromatic N) is 1. The second-order valence-electron chi connectivity index (χ2n) is 13.2. The van der Waals surface area contributed by atoms with Crippen LogP contribution in [-0.2, 0) is 20.4 Å². The molecule has 1 aliphatic rings. The van der Waals surface area contributed by atoms with Gasteiger partial charge in [0.05, 0.1) is 24.8 Å². The second-order valence-corrected chi connectivity index (χ2v) is 13.2. The van der Waals surface area contributed by atoms with E-state index in [1.165, 1.54) is 7.11 Å². The van der Waals surface area contributed by atoms with E-state index in [-0.39, 0.29) is 24.7 Å². The predicted molar refractivity (Wildman–Crippen MR) is 186 cm³/mol. The number of ether oxygens (including phenoxy) is 5. The van der Waals surface area contributed by atoms with Gasteiger partial charge in [-0.2, -0.15) is 13.2 Å². The number of benzene rings is 3. The number of nitrogens with one attached hydrogen (secondary N) is 2. The number of hydrogen-bond acceptors (Lipinski definition) is 9. The fourth-order valence-electron chi connectivity index (χ4n) is 5.47. The highest BCUT2D eigenvalue weighted by molar-refractivity contribution is 6.04. The lowest BCUT2D eigenvalue weighted by Crippen LogP contribution is -2.45. The number of esters is 1. The number of halogens is 3. The number of alkyl halides is 3. The molecule has 0 bridgehead atoms. The molecule has 2 amide bonds. The number of anilines is 1. The first-order valence-electron chi connectivity index (χ1n) is 16.7. The molecule has 4 aromatic rings. The van der Waals surface area contributed by atoms with Gasteiger partial charge in [-0.15, -0.1) is 0 Å². The molecule has 5 rings (SSSR count). The highest BCUT2D eigenvalue weighted by Crippen LogP contribution is 2.37. The topological polar surface area (TPSA) is 134 Å². The lowest BCUT2D eigenvalue weighted by molar-refractivity contribution is -0.151. The van der Waals surface area contributed by atoms with Crippen molar-refractivity contribution in [1.29, 1.82) is 0 Å². The zero-order valence-electron chi connectivity index (χ0n) is 29.2. The van der Waals surface area contributed by atoms with Crippen LogP contribution in [0, 0.1) is 0 Å². The molecule has 276 valence electrons. The Labute approximate surface area is 298 Å². The van der Waals surface area contributed by atoms with Crippen LogP contribution in [0.5, 0.6) is 23.0 Å². The number of amides is 2. The van der Waals surface area contributed by atoms with Gasteiger partial charge in [-0.1, -0.05) is 0 Å². The Morgan fingerprint density at radius 3 is 2.23 bits per heavy atom. The summed E-state index contributed by atoms with van der Waals surface area (Å²) in [5.41, 5.74) is -0.579. The van der Waals surface area contributed by atoms with Crippen LogP contribution in [0.1, 0.15) is 68.8 Å². The van der Waals surface area contributed by atoms with Crippen molar-refractivity contribution in [2.75, 3.05) is 19.0 Å². The molecule has 1 saturated carbocycles. The lowest BCUT2D eigenvalue weighted by atomic mass is 10.1. The summed E-state index contributed by atoms with van der Waals surface area (Å²) in [6.45, 7) is 5.22. The molecular formula is C38H40F3N3O8. The predicted octanol–water partition coefficient (Wildman–Crippen LogP) is 8.45. The second kappa shape index (κ2) is 16.2. The van der Waals surface area contributed by atoms with E-state index >= 15 is 0 Å². The summed E-state index contributed by atoms with van der Waals surface area (Å²) in [6, 6.07) is 14.4. The van der Waals surface area contributed by atoms with Crippen LogP contribution in [0.2, 0.25) is 0 Å². The molecule has 1 atom stereocenters. The molecule has 0 spiro atoms. The van der Waals surface area contributed by atoms with Gasteiger partial charge < -0.3 is 34.3 Å². The van der Waals surface area contributed by atoms with E-state index in [0.717, 1.165) is 49.9 Å². The third kappa shape index (κ3) is 10.3. The van der Waals surface area contributed by atoms with Gasteiger partial charge in [0.2, 0.25) is 0 Å². The maximum absolute atomic E-state index is 13.0. The van der Waals surface area contributed by atoms with Crippen molar-refractivity contribution in [3.8, 4) is 23.0 Å². The third-order valence-electron chi connectivity index (χ3n) is 8.03. The Morgan fingerprint density at radius 1 is 0.904 bits per heavy atom. The van der Waals surface area contributed by atoms with E-state index in [4.69, 9.17) is 23.7 Å². The fraction of sp³-hybridized carbons (Fsp3) is 0.368. The van der Waals surface area contributed by atoms with Gasteiger partial charge in [-0.25, -0.2) is 9.59 Å². The average molecular weight is 724 g/mol. The molecule has 2 N–H and O–H groups in total. The number of methoxy groups -OCH3 is 1. The van der Waals surface area contributed by atoms with Crippen LogP contribution in [-0.4, -0.2) is 54.4 Å². The Balaban J connectivity index is 1.24. The Kier molecular flexibility index (Phi) is 11.8. The molecule has 0 aliphatic heterocycles. The number of hydrogen-bond donors (Lipinski definition) is 2. The van der Waals surface area contributed by atoms with E-state index in [1.807, 2.05) is 0 Å². The summed E-state index contributed by atoms with van der Waals surface area (Å²) in [4.78, 5) is 42.6. The summed E-state index contributed by atoms with van der Waals surface area (Å²) in [6.07, 6.45) is -0.216. The van der Waals surface area contributed by atoms with E-state index in [2.05, 4.69) is 15.6 Å². The van der Waals surface area contributed by atoms with Crippen molar-refractivity contribution >= 4 is 34.6 Å². The first-order chi connectivity index (χ1) is 24.7. The van der Waals surface area contributed by atoms with Gasteiger partial charge in [0.15, 0.2) is 11.5 Å². The monoisotopic (exact) mass is 723 g/mol. The van der Waals surface area contributed by atoms with Gasteiger partial charge in [0.1, 0.15) is 29.2 Å². The molecule has 3 aromatic carbocycles. The zero-order valence-corrected chi connectivity index (χ0v) is 29.2. The van der Waals surface area contributed by atoms with E-state index in [0.29, 0.717) is 39.6 Å². The smallest absolute Gasteiger partial charge is 0.416 e. The zero-order chi connectivity index (χ0) is 37.5. The minimum atomic E-state index is -4.49. The van der Waals surface area contributed by atoms with Crippen LogP contribution < -0.4 is 24.8 Å². The van der Waals surface area contributed by atoms with Gasteiger partial charge >= 0.3 is 18.2 Å². The quantitative estimate of drug-likeness (QED) is 0.138. The standard InChI is InChI=1S/C38H40F3N3O8/c1-37(2,3)52-36(47)44-29(35(46)51-26-7-5-6-8-26)18-20-49-33-22-30-28(21-32(33)48-4)31(17-19-42-30)50-27-15-13-25(14-16-27)43-34(45)23-9-11-24(12-10-23)38(39,40)41/h9-17,19,21-22,26,29H,5-8,18,20H2,1-4H3,(H,43,45)(H,44,47)/t29-/m0/s1. The van der Waals surface area contributed by atoms with Crippen LogP contribution in [0.4, 0.5) is 23.7 Å². The van der Waals surface area contributed by atoms with Crippen molar-refractivity contribution in [1.82, 2.24) is 10.3 Å².